The number of likely N-dealkylation sites (N-methyl/N-ethyl adjacent to an activating group) is 1. The van der Waals surface area contributed by atoms with Gasteiger partial charge in [0.1, 0.15) is 5.00 Å². The molecule has 0 bridgehead atoms. The Morgan fingerprint density at radius 1 is 1.00 bits per heavy atom. The maximum atomic E-state index is 13.3. The molecule has 10 heteroatoms. The van der Waals surface area contributed by atoms with Crippen LogP contribution in [0.25, 0.3) is 0 Å². The Kier molecular flexibility index (Phi) is 7.17. The Balaban J connectivity index is 1.34. The van der Waals surface area contributed by atoms with Crippen molar-refractivity contribution in [1.29, 1.82) is 0 Å². The smallest absolute Gasteiger partial charge is 0.341 e. The molecule has 0 spiro atoms. The molecule has 1 N–H and O–H groups in total. The second kappa shape index (κ2) is 10.4. The molecule has 0 fully saturated rings. The van der Waals surface area contributed by atoms with E-state index in [4.69, 9.17) is 4.74 Å². The van der Waals surface area contributed by atoms with Crippen LogP contribution in [0.15, 0.2) is 53.4 Å². The number of carbonyl (C=O) groups excluding carboxylic acids is 2. The summed E-state index contributed by atoms with van der Waals surface area (Å²) < 4.78 is 33.0. The van der Waals surface area contributed by atoms with Crippen LogP contribution in [0.2, 0.25) is 0 Å². The maximum absolute atomic E-state index is 13.3. The average Bonchev–Trinajstić information content (AvgIpc) is 3.29. The second-order valence-corrected chi connectivity index (χ2v) is 12.2. The van der Waals surface area contributed by atoms with E-state index in [1.165, 1.54) is 52.6 Å². The lowest BCUT2D eigenvalue weighted by Crippen LogP contribution is -2.35. The van der Waals surface area contributed by atoms with Crippen molar-refractivity contribution < 1.29 is 22.7 Å². The SMILES string of the molecule is CCN1CCc2c(sc(NC(=O)c3ccc(S(=O)(=O)N4CCc5ccccc5C4)cc3)c2C(=O)OC)C1. The highest BCUT2D eigenvalue weighted by molar-refractivity contribution is 7.89. The van der Waals surface area contributed by atoms with Gasteiger partial charge in [0.05, 0.1) is 17.6 Å². The van der Waals surface area contributed by atoms with E-state index in [1.54, 1.807) is 0 Å². The molecule has 8 nitrogen and oxygen atoms in total. The molecule has 0 aliphatic carbocycles. The molecule has 0 atom stereocenters. The highest BCUT2D eigenvalue weighted by Crippen LogP contribution is 2.38. The third-order valence-electron chi connectivity index (χ3n) is 7.05. The van der Waals surface area contributed by atoms with E-state index >= 15 is 0 Å². The van der Waals surface area contributed by atoms with Gasteiger partial charge in [-0.15, -0.1) is 11.3 Å². The molecular weight excluding hydrogens is 510 g/mol. The number of esters is 1. The van der Waals surface area contributed by atoms with E-state index in [-0.39, 0.29) is 4.90 Å². The van der Waals surface area contributed by atoms with E-state index in [2.05, 4.69) is 17.1 Å². The summed E-state index contributed by atoms with van der Waals surface area (Å²) in [5.74, 6) is -0.880. The summed E-state index contributed by atoms with van der Waals surface area (Å²) in [6.45, 7) is 5.31. The van der Waals surface area contributed by atoms with Crippen LogP contribution in [0.1, 0.15) is 49.2 Å². The number of ether oxygens (including phenoxy) is 1. The second-order valence-electron chi connectivity index (χ2n) is 9.15. The monoisotopic (exact) mass is 539 g/mol. The number of fused-ring (bicyclic) bond motifs is 2. The maximum Gasteiger partial charge on any atom is 0.341 e. The van der Waals surface area contributed by atoms with Gasteiger partial charge < -0.3 is 10.1 Å². The Labute approximate surface area is 220 Å². The van der Waals surface area contributed by atoms with Gasteiger partial charge in [0, 0.05) is 36.6 Å². The number of anilines is 1. The first-order valence-corrected chi connectivity index (χ1v) is 14.5. The van der Waals surface area contributed by atoms with Gasteiger partial charge >= 0.3 is 5.97 Å². The number of sulfonamides is 1. The number of nitrogens with zero attached hydrogens (tertiary/aromatic N) is 2. The van der Waals surface area contributed by atoms with Gasteiger partial charge in [0.15, 0.2) is 0 Å². The first kappa shape index (κ1) is 25.6. The summed E-state index contributed by atoms with van der Waals surface area (Å²) in [5.41, 5.74) is 3.83. The molecule has 2 aliphatic heterocycles. The minimum Gasteiger partial charge on any atom is -0.465 e. The zero-order valence-corrected chi connectivity index (χ0v) is 22.5. The highest BCUT2D eigenvalue weighted by Gasteiger charge is 2.30. The van der Waals surface area contributed by atoms with Gasteiger partial charge in [-0.25, -0.2) is 13.2 Å². The quantitative estimate of drug-likeness (QED) is 0.477. The zero-order valence-electron chi connectivity index (χ0n) is 20.8. The molecule has 0 saturated carbocycles. The predicted octanol–water partition coefficient (Wildman–Crippen LogP) is 3.91. The fraction of sp³-hybridized carbons (Fsp3) is 0.333. The molecule has 0 saturated heterocycles. The molecule has 1 aromatic heterocycles. The largest absolute Gasteiger partial charge is 0.465 e. The van der Waals surface area contributed by atoms with Crippen molar-refractivity contribution in [3.8, 4) is 0 Å². The van der Waals surface area contributed by atoms with Crippen molar-refractivity contribution in [2.45, 2.75) is 37.8 Å². The number of amides is 1. The van der Waals surface area contributed by atoms with Gasteiger partial charge in [-0.1, -0.05) is 31.2 Å². The Bertz CT molecular complexity index is 1450. The summed E-state index contributed by atoms with van der Waals surface area (Å²) in [4.78, 5) is 29.1. The molecule has 1 amide bonds. The first-order chi connectivity index (χ1) is 17.8. The van der Waals surface area contributed by atoms with Gasteiger partial charge in [-0.2, -0.15) is 4.31 Å². The van der Waals surface area contributed by atoms with E-state index in [9.17, 15) is 18.0 Å². The lowest BCUT2D eigenvalue weighted by atomic mass is 10.0. The molecule has 3 aromatic rings. The van der Waals surface area contributed by atoms with Crippen LogP contribution in [-0.4, -0.2) is 56.2 Å². The molecule has 2 aromatic carbocycles. The molecule has 5 rings (SSSR count). The number of hydrogen-bond acceptors (Lipinski definition) is 7. The lowest BCUT2D eigenvalue weighted by molar-refractivity contribution is 0.0600. The number of thiophene rings is 1. The van der Waals surface area contributed by atoms with Gasteiger partial charge in [0.2, 0.25) is 10.0 Å². The van der Waals surface area contributed by atoms with Gasteiger partial charge in [0.25, 0.3) is 5.91 Å². The summed E-state index contributed by atoms with van der Waals surface area (Å²) >= 11 is 1.39. The van der Waals surface area contributed by atoms with E-state index in [1.807, 2.05) is 24.3 Å². The zero-order chi connectivity index (χ0) is 26.2. The highest BCUT2D eigenvalue weighted by atomic mass is 32.2. The van der Waals surface area contributed by atoms with E-state index in [0.717, 1.165) is 35.6 Å². The van der Waals surface area contributed by atoms with Crippen molar-refractivity contribution >= 4 is 38.2 Å². The first-order valence-electron chi connectivity index (χ1n) is 12.3. The topological polar surface area (TPSA) is 96.0 Å². The number of nitrogens with one attached hydrogen (secondary N) is 1. The molecule has 0 radical (unpaired) electrons. The third-order valence-corrected chi connectivity index (χ3v) is 10.0. The van der Waals surface area contributed by atoms with Crippen LogP contribution in [0.5, 0.6) is 0 Å². The van der Waals surface area contributed by atoms with Crippen molar-refractivity contribution in [1.82, 2.24) is 9.21 Å². The van der Waals surface area contributed by atoms with Gasteiger partial charge in [-0.3, -0.25) is 9.69 Å². The van der Waals surface area contributed by atoms with Crippen LogP contribution in [0.3, 0.4) is 0 Å². The van der Waals surface area contributed by atoms with Gasteiger partial charge in [-0.05, 0) is 60.3 Å². The number of benzene rings is 2. The predicted molar refractivity (Wildman–Crippen MR) is 142 cm³/mol. The normalized spacial score (nSPS) is 16.1. The van der Waals surface area contributed by atoms with Crippen LogP contribution >= 0.6 is 11.3 Å². The van der Waals surface area contributed by atoms with Crippen molar-refractivity contribution in [2.75, 3.05) is 32.1 Å². The number of carbonyl (C=O) groups is 2. The third kappa shape index (κ3) is 4.94. The summed E-state index contributed by atoms with van der Waals surface area (Å²) in [6, 6.07) is 13.8. The minimum atomic E-state index is -3.70. The molecular formula is C27H29N3O5S2. The minimum absolute atomic E-state index is 0.143. The lowest BCUT2D eigenvalue weighted by Gasteiger charge is -2.28. The standard InChI is InChI=1S/C27H29N3O5S2/c1-3-29-14-13-22-23(17-29)36-26(24(22)27(32)35-2)28-25(31)19-8-10-21(11-9-19)37(33,34)30-15-12-18-6-4-5-7-20(18)16-30/h4-11H,3,12-17H2,1-2H3,(H,28,31). The van der Waals surface area contributed by atoms with Crippen LogP contribution in [-0.2, 0) is 40.7 Å². The number of methoxy groups -OCH3 is 1. The number of rotatable bonds is 6. The van der Waals surface area contributed by atoms with E-state index in [0.29, 0.717) is 42.1 Å². The molecule has 0 unspecified atom stereocenters. The fourth-order valence-corrected chi connectivity index (χ4v) is 7.60. The summed E-state index contributed by atoms with van der Waals surface area (Å²) in [7, 11) is -2.37. The van der Waals surface area contributed by atoms with Crippen LogP contribution < -0.4 is 5.32 Å². The van der Waals surface area contributed by atoms with E-state index < -0.39 is 21.9 Å². The van der Waals surface area contributed by atoms with Crippen molar-refractivity contribution in [3.05, 3.63) is 81.2 Å². The Hall–Kier alpha value is -3.05. The molecule has 194 valence electrons. The molecule has 2 aliphatic rings. The molecule has 37 heavy (non-hydrogen) atoms. The number of hydrogen-bond donors (Lipinski definition) is 1. The van der Waals surface area contributed by atoms with Crippen LogP contribution in [0.4, 0.5) is 5.00 Å². The average molecular weight is 540 g/mol. The Morgan fingerprint density at radius 3 is 2.43 bits per heavy atom. The van der Waals surface area contributed by atoms with Crippen molar-refractivity contribution in [3.63, 3.8) is 0 Å². The van der Waals surface area contributed by atoms with Crippen molar-refractivity contribution in [2.24, 2.45) is 0 Å². The summed E-state index contributed by atoms with van der Waals surface area (Å²) in [5, 5.41) is 3.33. The fourth-order valence-electron chi connectivity index (χ4n) is 4.91. The Morgan fingerprint density at radius 2 is 1.73 bits per heavy atom. The van der Waals surface area contributed by atoms with Crippen LogP contribution in [0, 0.1) is 0 Å². The summed E-state index contributed by atoms with van der Waals surface area (Å²) in [6.07, 6.45) is 1.38. The molecule has 3 heterocycles.